The van der Waals surface area contributed by atoms with E-state index in [1.54, 1.807) is 6.20 Å². The quantitative estimate of drug-likeness (QED) is 0.843. The molecule has 2 heterocycles. The minimum atomic E-state index is 0.138. The fraction of sp³-hybridized carbons (Fsp3) is 0.667. The summed E-state index contributed by atoms with van der Waals surface area (Å²) in [6.07, 6.45) is 8.59. The Morgan fingerprint density at radius 3 is 2.96 bits per heavy atom. The van der Waals surface area contributed by atoms with E-state index in [9.17, 15) is 4.79 Å². The van der Waals surface area contributed by atoms with E-state index < -0.39 is 0 Å². The average molecular weight is 332 g/mol. The van der Waals surface area contributed by atoms with Gasteiger partial charge in [-0.25, -0.2) is 4.98 Å². The summed E-state index contributed by atoms with van der Waals surface area (Å²) in [5.41, 5.74) is 0. The molecule has 4 rings (SSSR count). The van der Waals surface area contributed by atoms with Gasteiger partial charge in [-0.2, -0.15) is 0 Å². The number of pyridine rings is 1. The van der Waals surface area contributed by atoms with E-state index >= 15 is 0 Å². The molecule has 1 aromatic heterocycles. The Labute approximate surface area is 141 Å². The van der Waals surface area contributed by atoms with E-state index in [-0.39, 0.29) is 5.91 Å². The molecule has 1 N–H and O–H groups in total. The molecule has 0 bridgehead atoms. The molecule has 5 heteroatoms. The average Bonchev–Trinajstić information content (AvgIpc) is 3.23. The third-order valence-electron chi connectivity index (χ3n) is 5.70. The number of fused-ring (bicyclic) bond motifs is 1. The van der Waals surface area contributed by atoms with Gasteiger partial charge in [0.1, 0.15) is 0 Å². The first-order valence-electron chi connectivity index (χ1n) is 8.78. The number of hydrogen-bond donors (Lipinski definition) is 1. The van der Waals surface area contributed by atoms with Crippen molar-refractivity contribution in [2.45, 2.75) is 49.3 Å². The number of nitrogens with zero attached hydrogens (tertiary/aromatic N) is 1. The van der Waals surface area contributed by atoms with Gasteiger partial charge in [-0.15, -0.1) is 0 Å². The maximum absolute atomic E-state index is 12.4. The molecule has 0 spiro atoms. The highest BCUT2D eigenvalue weighted by Crippen LogP contribution is 2.51. The highest BCUT2D eigenvalue weighted by molar-refractivity contribution is 7.99. The first-order chi connectivity index (χ1) is 11.3. The zero-order valence-electron chi connectivity index (χ0n) is 13.3. The number of aromatic nitrogens is 1. The maximum Gasteiger partial charge on any atom is 0.230 e. The van der Waals surface area contributed by atoms with Gasteiger partial charge in [-0.3, -0.25) is 4.79 Å². The molecule has 23 heavy (non-hydrogen) atoms. The summed E-state index contributed by atoms with van der Waals surface area (Å²) in [5.74, 6) is 2.43. The molecule has 4 atom stereocenters. The van der Waals surface area contributed by atoms with Crippen LogP contribution in [-0.4, -0.2) is 35.4 Å². The van der Waals surface area contributed by atoms with Crippen molar-refractivity contribution < 1.29 is 9.53 Å². The number of hydrogen-bond acceptors (Lipinski definition) is 4. The van der Waals surface area contributed by atoms with Crippen LogP contribution in [0.15, 0.2) is 29.4 Å². The van der Waals surface area contributed by atoms with Crippen molar-refractivity contribution in [3.05, 3.63) is 24.4 Å². The van der Waals surface area contributed by atoms with Crippen molar-refractivity contribution in [3.63, 3.8) is 0 Å². The number of carbonyl (C=O) groups excluding carboxylic acids is 1. The summed E-state index contributed by atoms with van der Waals surface area (Å²) in [6.45, 7) is 0.869. The molecular formula is C18H24N2O2S. The Bertz CT molecular complexity index is 542. The molecule has 1 aromatic rings. The Morgan fingerprint density at radius 1 is 1.30 bits per heavy atom. The van der Waals surface area contributed by atoms with Crippen molar-refractivity contribution in [3.8, 4) is 0 Å². The summed E-state index contributed by atoms with van der Waals surface area (Å²) in [6, 6.07) is 6.13. The lowest BCUT2D eigenvalue weighted by Gasteiger charge is -2.50. The molecule has 2 saturated carbocycles. The van der Waals surface area contributed by atoms with E-state index in [0.717, 1.165) is 24.0 Å². The van der Waals surface area contributed by atoms with Gasteiger partial charge < -0.3 is 10.1 Å². The Morgan fingerprint density at radius 2 is 2.17 bits per heavy atom. The van der Waals surface area contributed by atoms with Gasteiger partial charge in [0, 0.05) is 30.7 Å². The normalized spacial score (nSPS) is 33.2. The zero-order chi connectivity index (χ0) is 15.6. The van der Waals surface area contributed by atoms with E-state index in [4.69, 9.17) is 4.74 Å². The monoisotopic (exact) mass is 332 g/mol. The highest BCUT2D eigenvalue weighted by atomic mass is 32.2. The van der Waals surface area contributed by atoms with Gasteiger partial charge in [0.05, 0.1) is 16.9 Å². The second-order valence-electron chi connectivity index (χ2n) is 6.96. The highest BCUT2D eigenvalue weighted by Gasteiger charge is 2.56. The lowest BCUT2D eigenvalue weighted by molar-refractivity contribution is -0.127. The standard InChI is InChI=1S/C18H24N2O2S/c21-14(11-23-15-7-3-4-9-19-15)20-17-13-8-10-22-18(13)16(17)12-5-1-2-6-12/h3-4,7,9,12-13,16-18H,1-2,5-6,8,10-11H2,(H,20,21)/t13-,16+,17+,18-/m1/s1. The van der Waals surface area contributed by atoms with Crippen LogP contribution in [0.25, 0.3) is 0 Å². The third kappa shape index (κ3) is 3.13. The number of amides is 1. The largest absolute Gasteiger partial charge is 0.377 e. The van der Waals surface area contributed by atoms with Crippen molar-refractivity contribution in [2.24, 2.45) is 17.8 Å². The van der Waals surface area contributed by atoms with Crippen LogP contribution in [0, 0.1) is 17.8 Å². The van der Waals surface area contributed by atoms with Crippen LogP contribution < -0.4 is 5.32 Å². The van der Waals surface area contributed by atoms with Crippen LogP contribution in [0.5, 0.6) is 0 Å². The molecule has 1 amide bonds. The van der Waals surface area contributed by atoms with Crippen molar-refractivity contribution in [2.75, 3.05) is 12.4 Å². The Balaban J connectivity index is 1.34. The van der Waals surface area contributed by atoms with Crippen LogP contribution in [-0.2, 0) is 9.53 Å². The lowest BCUT2D eigenvalue weighted by atomic mass is 9.61. The van der Waals surface area contributed by atoms with Crippen LogP contribution in [0.2, 0.25) is 0 Å². The summed E-state index contributed by atoms with van der Waals surface area (Å²) in [7, 11) is 0. The number of ether oxygens (including phenoxy) is 1. The van der Waals surface area contributed by atoms with Crippen molar-refractivity contribution in [1.29, 1.82) is 0 Å². The van der Waals surface area contributed by atoms with Crippen LogP contribution >= 0.6 is 11.8 Å². The van der Waals surface area contributed by atoms with Crippen LogP contribution in [0.1, 0.15) is 32.1 Å². The van der Waals surface area contributed by atoms with Gasteiger partial charge in [-0.05, 0) is 24.5 Å². The van der Waals surface area contributed by atoms with E-state index in [2.05, 4.69) is 10.3 Å². The first kappa shape index (κ1) is 15.5. The molecule has 2 aliphatic carbocycles. The molecule has 0 unspecified atom stereocenters. The van der Waals surface area contributed by atoms with E-state index in [1.165, 1.54) is 37.4 Å². The van der Waals surface area contributed by atoms with Crippen molar-refractivity contribution >= 4 is 17.7 Å². The fourth-order valence-electron chi connectivity index (χ4n) is 4.66. The molecule has 4 nitrogen and oxygen atoms in total. The third-order valence-corrected chi connectivity index (χ3v) is 6.64. The van der Waals surface area contributed by atoms with Crippen LogP contribution in [0.3, 0.4) is 0 Å². The Hall–Kier alpha value is -1.07. The zero-order valence-corrected chi connectivity index (χ0v) is 14.1. The number of thioether (sulfide) groups is 1. The molecule has 1 aliphatic heterocycles. The molecular weight excluding hydrogens is 308 g/mol. The fourth-order valence-corrected chi connectivity index (χ4v) is 5.33. The predicted octanol–water partition coefficient (Wildman–Crippen LogP) is 2.88. The maximum atomic E-state index is 12.4. The summed E-state index contributed by atoms with van der Waals surface area (Å²) in [5, 5.41) is 4.23. The van der Waals surface area contributed by atoms with Crippen LogP contribution in [0.4, 0.5) is 0 Å². The smallest absolute Gasteiger partial charge is 0.230 e. The van der Waals surface area contributed by atoms with E-state index in [1.807, 2.05) is 18.2 Å². The number of rotatable bonds is 5. The second-order valence-corrected chi connectivity index (χ2v) is 7.96. The molecule has 3 aliphatic rings. The molecule has 1 saturated heterocycles. The molecule has 124 valence electrons. The van der Waals surface area contributed by atoms with Gasteiger partial charge in [0.15, 0.2) is 0 Å². The Kier molecular flexibility index (Phi) is 4.58. The molecule has 3 fully saturated rings. The number of nitrogens with one attached hydrogen (secondary N) is 1. The molecule has 0 radical (unpaired) electrons. The first-order valence-corrected chi connectivity index (χ1v) is 9.76. The summed E-state index contributed by atoms with van der Waals surface area (Å²) in [4.78, 5) is 16.6. The molecule has 0 aromatic carbocycles. The lowest BCUT2D eigenvalue weighted by Crippen LogP contribution is -2.63. The van der Waals surface area contributed by atoms with Gasteiger partial charge >= 0.3 is 0 Å². The topological polar surface area (TPSA) is 51.2 Å². The van der Waals surface area contributed by atoms with E-state index in [0.29, 0.717) is 29.7 Å². The SMILES string of the molecule is O=C(CSc1ccccn1)N[C@H]1[C@H]2CCO[C@H]2[C@H]1C1CCCC1. The number of carbonyl (C=O) groups is 1. The minimum Gasteiger partial charge on any atom is -0.377 e. The predicted molar refractivity (Wildman–Crippen MR) is 90.2 cm³/mol. The summed E-state index contributed by atoms with van der Waals surface area (Å²) >= 11 is 1.51. The van der Waals surface area contributed by atoms with Gasteiger partial charge in [0.25, 0.3) is 0 Å². The van der Waals surface area contributed by atoms with Gasteiger partial charge in [0.2, 0.25) is 5.91 Å². The summed E-state index contributed by atoms with van der Waals surface area (Å²) < 4.78 is 5.95. The van der Waals surface area contributed by atoms with Crippen molar-refractivity contribution in [1.82, 2.24) is 10.3 Å². The second kappa shape index (κ2) is 6.81. The minimum absolute atomic E-state index is 0.138. The van der Waals surface area contributed by atoms with Gasteiger partial charge in [-0.1, -0.05) is 43.5 Å².